The van der Waals surface area contributed by atoms with Gasteiger partial charge in [-0.3, -0.25) is 9.59 Å². The molecule has 3 nitrogen and oxygen atoms in total. The van der Waals surface area contributed by atoms with E-state index >= 15 is 0 Å². The van der Waals surface area contributed by atoms with E-state index in [-0.39, 0.29) is 33.9 Å². The molecule has 138 valence electrons. The zero-order valence-electron chi connectivity index (χ0n) is 16.3. The predicted octanol–water partition coefficient (Wildman–Crippen LogP) is 3.94. The average Bonchev–Trinajstić information content (AvgIpc) is 2.84. The number of rotatable bonds is 0. The van der Waals surface area contributed by atoms with Crippen molar-refractivity contribution in [3.8, 4) is 0 Å². The Hall–Kier alpha value is -0.960. The van der Waals surface area contributed by atoms with Crippen molar-refractivity contribution >= 4 is 11.6 Å². The molecule has 0 aliphatic heterocycles. The molecule has 0 unspecified atom stereocenters. The summed E-state index contributed by atoms with van der Waals surface area (Å²) in [5.41, 5.74) is -0.897. The number of Topliss-reactive ketones (excluding diaryl/α,β-unsaturated/α-hetero) is 1. The third-order valence-electron chi connectivity index (χ3n) is 9.51. The minimum atomic E-state index is -0.505. The van der Waals surface area contributed by atoms with Gasteiger partial charge in [0, 0.05) is 23.2 Å². The Labute approximate surface area is 151 Å². The highest BCUT2D eigenvalue weighted by atomic mass is 16.3. The summed E-state index contributed by atoms with van der Waals surface area (Å²) < 4.78 is 0. The molecule has 7 atom stereocenters. The van der Waals surface area contributed by atoms with Crippen LogP contribution in [0.1, 0.15) is 66.7 Å². The van der Waals surface area contributed by atoms with E-state index in [1.165, 1.54) is 0 Å². The monoisotopic (exact) mass is 344 g/mol. The normalized spacial score (nSPS) is 54.0. The summed E-state index contributed by atoms with van der Waals surface area (Å²) in [6, 6.07) is 0. The van der Waals surface area contributed by atoms with E-state index in [1.54, 1.807) is 6.08 Å². The van der Waals surface area contributed by atoms with Gasteiger partial charge in [0.25, 0.3) is 0 Å². The number of fused-ring (bicyclic) bond motifs is 5. The first-order valence-corrected chi connectivity index (χ1v) is 9.93. The maximum Gasteiger partial charge on any atom is 0.162 e. The number of aliphatic hydroxyl groups is 1. The molecule has 4 rings (SSSR count). The molecule has 3 fully saturated rings. The lowest BCUT2D eigenvalue weighted by molar-refractivity contribution is -0.215. The van der Waals surface area contributed by atoms with Gasteiger partial charge >= 0.3 is 0 Å². The van der Waals surface area contributed by atoms with Crippen molar-refractivity contribution in [3.05, 3.63) is 12.2 Å². The molecule has 0 aromatic heterocycles. The summed E-state index contributed by atoms with van der Waals surface area (Å²) >= 11 is 0. The van der Waals surface area contributed by atoms with E-state index < -0.39 is 11.5 Å². The Kier molecular flexibility index (Phi) is 3.39. The molecule has 0 spiro atoms. The van der Waals surface area contributed by atoms with E-state index in [9.17, 15) is 14.7 Å². The van der Waals surface area contributed by atoms with Crippen LogP contribution in [0.3, 0.4) is 0 Å². The Bertz CT molecular complexity index is 677. The summed E-state index contributed by atoms with van der Waals surface area (Å²) in [6.07, 6.45) is 7.48. The van der Waals surface area contributed by atoms with Crippen LogP contribution in [0.4, 0.5) is 0 Å². The zero-order valence-corrected chi connectivity index (χ0v) is 16.3. The molecule has 0 bridgehead atoms. The molecular formula is C22H32O3. The Balaban J connectivity index is 1.83. The van der Waals surface area contributed by atoms with E-state index in [1.807, 2.05) is 6.08 Å². The van der Waals surface area contributed by atoms with Gasteiger partial charge in [0.15, 0.2) is 5.78 Å². The average molecular weight is 344 g/mol. The lowest BCUT2D eigenvalue weighted by Gasteiger charge is -2.68. The third kappa shape index (κ3) is 1.81. The molecular weight excluding hydrogens is 312 g/mol. The molecule has 0 heterocycles. The summed E-state index contributed by atoms with van der Waals surface area (Å²) in [7, 11) is 0. The lowest BCUT2D eigenvalue weighted by atomic mass is 9.35. The maximum atomic E-state index is 12.9. The maximum absolute atomic E-state index is 12.9. The summed E-state index contributed by atoms with van der Waals surface area (Å²) in [5, 5.41) is 10.9. The summed E-state index contributed by atoms with van der Waals surface area (Å²) in [5.74, 6) is 1.15. The first kappa shape index (κ1) is 17.5. The minimum Gasteiger partial charge on any atom is -0.392 e. The number of carbonyl (C=O) groups excluding carboxylic acids is 2. The molecule has 3 heteroatoms. The molecule has 25 heavy (non-hydrogen) atoms. The first-order valence-electron chi connectivity index (χ1n) is 9.93. The van der Waals surface area contributed by atoms with Crippen molar-refractivity contribution in [1.82, 2.24) is 0 Å². The fourth-order valence-electron chi connectivity index (χ4n) is 7.79. The molecule has 1 N–H and O–H groups in total. The minimum absolute atomic E-state index is 0.0161. The highest BCUT2D eigenvalue weighted by molar-refractivity contribution is 5.98. The van der Waals surface area contributed by atoms with Gasteiger partial charge < -0.3 is 5.11 Å². The molecule has 0 amide bonds. The second-order valence-corrected chi connectivity index (χ2v) is 10.5. The van der Waals surface area contributed by atoms with Crippen LogP contribution in [0.15, 0.2) is 12.2 Å². The van der Waals surface area contributed by atoms with Crippen LogP contribution in [0.25, 0.3) is 0 Å². The standard InChI is InChI=1S/C22H32O3/c1-19(2)15-8-11-21(4)16(20(15,3)10-9-17(19)24)12-14(23)13-6-7-18(25)22(13,21)5/h6-7,13-16,23H,8-12H2,1-5H3/t13-,14+,15-,16+,20-,21+,22-/m0/s1. The topological polar surface area (TPSA) is 54.4 Å². The van der Waals surface area contributed by atoms with Gasteiger partial charge in [-0.05, 0) is 54.4 Å². The highest BCUT2D eigenvalue weighted by Gasteiger charge is 2.70. The van der Waals surface area contributed by atoms with Gasteiger partial charge in [-0.1, -0.05) is 40.7 Å². The number of aliphatic hydroxyl groups excluding tert-OH is 1. The second-order valence-electron chi connectivity index (χ2n) is 10.5. The van der Waals surface area contributed by atoms with Crippen molar-refractivity contribution in [1.29, 1.82) is 0 Å². The fourth-order valence-corrected chi connectivity index (χ4v) is 7.79. The smallest absolute Gasteiger partial charge is 0.162 e. The number of ketones is 2. The van der Waals surface area contributed by atoms with E-state index in [2.05, 4.69) is 34.6 Å². The molecule has 4 aliphatic carbocycles. The van der Waals surface area contributed by atoms with E-state index in [4.69, 9.17) is 0 Å². The van der Waals surface area contributed by atoms with E-state index in [0.29, 0.717) is 18.1 Å². The van der Waals surface area contributed by atoms with E-state index in [0.717, 1.165) is 25.7 Å². The predicted molar refractivity (Wildman–Crippen MR) is 96.8 cm³/mol. The molecule has 0 aromatic rings. The Morgan fingerprint density at radius 2 is 1.72 bits per heavy atom. The van der Waals surface area contributed by atoms with Crippen molar-refractivity contribution in [2.24, 2.45) is 39.4 Å². The highest BCUT2D eigenvalue weighted by Crippen LogP contribution is 2.72. The van der Waals surface area contributed by atoms with Gasteiger partial charge in [0.2, 0.25) is 0 Å². The van der Waals surface area contributed by atoms with Crippen LogP contribution < -0.4 is 0 Å². The second kappa shape index (κ2) is 4.85. The number of carbonyl (C=O) groups is 2. The van der Waals surface area contributed by atoms with Crippen molar-refractivity contribution in [2.45, 2.75) is 72.8 Å². The molecule has 3 saturated carbocycles. The molecule has 0 saturated heterocycles. The van der Waals surface area contributed by atoms with Gasteiger partial charge in [-0.2, -0.15) is 0 Å². The number of allylic oxidation sites excluding steroid dienone is 1. The Morgan fingerprint density at radius 3 is 2.40 bits per heavy atom. The zero-order chi connectivity index (χ0) is 18.4. The van der Waals surface area contributed by atoms with Crippen LogP contribution in [-0.4, -0.2) is 22.8 Å². The third-order valence-corrected chi connectivity index (χ3v) is 9.51. The SMILES string of the molecule is CC1(C)C(=O)CC[C@]2(C)[C@H]3C[C@@H](O)[C@@H]4C=CC(=O)[C@@]4(C)[C@]3(C)CC[C@@H]12. The largest absolute Gasteiger partial charge is 0.392 e. The van der Waals surface area contributed by atoms with Crippen LogP contribution in [0.5, 0.6) is 0 Å². The van der Waals surface area contributed by atoms with Crippen LogP contribution in [0.2, 0.25) is 0 Å². The van der Waals surface area contributed by atoms with Gasteiger partial charge in [0.05, 0.1) is 6.10 Å². The van der Waals surface area contributed by atoms with Crippen molar-refractivity contribution < 1.29 is 14.7 Å². The van der Waals surface area contributed by atoms with Crippen LogP contribution in [-0.2, 0) is 9.59 Å². The van der Waals surface area contributed by atoms with Gasteiger partial charge in [-0.25, -0.2) is 0 Å². The van der Waals surface area contributed by atoms with Gasteiger partial charge in [0.1, 0.15) is 5.78 Å². The summed E-state index contributed by atoms with van der Waals surface area (Å²) in [6.45, 7) is 11.0. The molecule has 0 aromatic carbocycles. The fraction of sp³-hybridized carbons (Fsp3) is 0.818. The first-order chi connectivity index (χ1) is 11.5. The summed E-state index contributed by atoms with van der Waals surface area (Å²) in [4.78, 5) is 25.5. The Morgan fingerprint density at radius 1 is 1.04 bits per heavy atom. The van der Waals surface area contributed by atoms with Crippen LogP contribution >= 0.6 is 0 Å². The van der Waals surface area contributed by atoms with Crippen LogP contribution in [0, 0.1) is 39.4 Å². The van der Waals surface area contributed by atoms with Gasteiger partial charge in [-0.15, -0.1) is 0 Å². The molecule has 0 radical (unpaired) electrons. The molecule has 4 aliphatic rings. The number of hydrogen-bond donors (Lipinski definition) is 1. The lowest BCUT2D eigenvalue weighted by Crippen LogP contribution is -2.66. The van der Waals surface area contributed by atoms with Crippen molar-refractivity contribution in [2.75, 3.05) is 0 Å². The number of hydrogen-bond acceptors (Lipinski definition) is 3. The quantitative estimate of drug-likeness (QED) is 0.724. The van der Waals surface area contributed by atoms with Crippen molar-refractivity contribution in [3.63, 3.8) is 0 Å².